The Morgan fingerprint density at radius 2 is 1.50 bits per heavy atom. The Labute approximate surface area is 192 Å². The monoisotopic (exact) mass is 419 g/mol. The van der Waals surface area contributed by atoms with Crippen LogP contribution in [0.25, 0.3) is 33.3 Å². The smallest absolute Gasteiger partial charge is 0.0717 e. The molecule has 4 aromatic rings. The van der Waals surface area contributed by atoms with E-state index < -0.39 is 0 Å². The van der Waals surface area contributed by atoms with Gasteiger partial charge in [-0.2, -0.15) is 0 Å². The van der Waals surface area contributed by atoms with E-state index in [0.29, 0.717) is 5.92 Å². The minimum atomic E-state index is -0.00823. The van der Waals surface area contributed by atoms with Gasteiger partial charge in [0, 0.05) is 16.4 Å². The van der Waals surface area contributed by atoms with Crippen LogP contribution in [0.2, 0.25) is 0 Å². The van der Waals surface area contributed by atoms with E-state index in [1.54, 1.807) is 0 Å². The van der Waals surface area contributed by atoms with E-state index >= 15 is 0 Å². The molecule has 0 aliphatic heterocycles. The molecule has 0 bridgehead atoms. The molecular formula is C31H33N. The van der Waals surface area contributed by atoms with E-state index in [4.69, 9.17) is 4.98 Å². The number of hydrogen-bond acceptors (Lipinski definition) is 1. The van der Waals surface area contributed by atoms with Gasteiger partial charge in [-0.25, -0.2) is 4.98 Å². The summed E-state index contributed by atoms with van der Waals surface area (Å²) in [7, 11) is 0. The van der Waals surface area contributed by atoms with E-state index in [2.05, 4.69) is 103 Å². The molecule has 3 aromatic carbocycles. The molecule has 0 fully saturated rings. The van der Waals surface area contributed by atoms with Crippen LogP contribution >= 0.6 is 0 Å². The van der Waals surface area contributed by atoms with Crippen molar-refractivity contribution in [2.75, 3.05) is 0 Å². The zero-order chi connectivity index (χ0) is 22.8. The van der Waals surface area contributed by atoms with Crippen molar-refractivity contribution in [2.24, 2.45) is 5.92 Å². The molecule has 0 saturated carbocycles. The summed E-state index contributed by atoms with van der Waals surface area (Å²) in [6, 6.07) is 20.6. The quantitative estimate of drug-likeness (QED) is 0.325. The van der Waals surface area contributed by atoms with Gasteiger partial charge >= 0.3 is 0 Å². The molecule has 1 aliphatic rings. The lowest BCUT2D eigenvalue weighted by atomic mass is 9.82. The van der Waals surface area contributed by atoms with Crippen molar-refractivity contribution in [3.63, 3.8) is 0 Å². The summed E-state index contributed by atoms with van der Waals surface area (Å²) in [6.45, 7) is 15.9. The molecule has 0 atom stereocenters. The topological polar surface area (TPSA) is 12.9 Å². The summed E-state index contributed by atoms with van der Waals surface area (Å²) in [4.78, 5) is 5.27. The minimum absolute atomic E-state index is 0.00823. The highest BCUT2D eigenvalue weighted by atomic mass is 14.7. The third kappa shape index (κ3) is 3.18. The summed E-state index contributed by atoms with van der Waals surface area (Å²) in [5, 5.41) is 1.30. The molecule has 1 aliphatic carbocycles. The van der Waals surface area contributed by atoms with Crippen LogP contribution < -0.4 is 0 Å². The number of aromatic nitrogens is 1. The Balaban J connectivity index is 1.82. The summed E-state index contributed by atoms with van der Waals surface area (Å²) in [5.74, 6) is 0.589. The number of fused-ring (bicyclic) bond motifs is 4. The molecule has 0 saturated heterocycles. The van der Waals surface area contributed by atoms with E-state index in [1.165, 1.54) is 55.5 Å². The van der Waals surface area contributed by atoms with E-state index in [0.717, 1.165) is 17.6 Å². The van der Waals surface area contributed by atoms with Crippen molar-refractivity contribution >= 4 is 10.9 Å². The SMILES string of the molecule is Cc1cc(C)c(-c2cc(CC(C)C)c3cc4c(cc3n2)C(C)(C)c2ccccc2-4)c(C)c1. The Morgan fingerprint density at radius 1 is 0.812 bits per heavy atom. The fraction of sp³-hybridized carbons (Fsp3) is 0.323. The predicted octanol–water partition coefficient (Wildman–Crippen LogP) is 8.33. The first-order chi connectivity index (χ1) is 15.2. The van der Waals surface area contributed by atoms with Gasteiger partial charge in [-0.1, -0.05) is 69.7 Å². The molecule has 5 rings (SSSR count). The Bertz CT molecular complexity index is 1350. The van der Waals surface area contributed by atoms with Crippen molar-refractivity contribution < 1.29 is 0 Å². The van der Waals surface area contributed by atoms with Crippen LogP contribution in [0.5, 0.6) is 0 Å². The molecule has 0 spiro atoms. The first-order valence-corrected chi connectivity index (χ1v) is 11.8. The van der Waals surface area contributed by atoms with Gasteiger partial charge in [0.15, 0.2) is 0 Å². The standard InChI is InChI=1S/C31H33N/c1-18(2)12-22-15-29(30-20(4)13-19(3)14-21(30)5)32-28-17-27-25(16-24(22)28)23-10-8-9-11-26(23)31(27,6)7/h8-11,13-18H,12H2,1-7H3. The Morgan fingerprint density at radius 3 is 2.19 bits per heavy atom. The highest BCUT2D eigenvalue weighted by Gasteiger charge is 2.35. The summed E-state index contributed by atoms with van der Waals surface area (Å²) in [5.41, 5.74) is 14.4. The molecule has 0 N–H and O–H groups in total. The first-order valence-electron chi connectivity index (χ1n) is 11.8. The lowest BCUT2D eigenvalue weighted by Crippen LogP contribution is -2.15. The maximum absolute atomic E-state index is 5.27. The maximum Gasteiger partial charge on any atom is 0.0717 e. The molecule has 1 nitrogen and oxygen atoms in total. The van der Waals surface area contributed by atoms with Gasteiger partial charge in [0.2, 0.25) is 0 Å². The second-order valence-electron chi connectivity index (χ2n) is 10.6. The number of nitrogens with zero attached hydrogens (tertiary/aromatic N) is 1. The largest absolute Gasteiger partial charge is 0.248 e. The highest BCUT2D eigenvalue weighted by Crippen LogP contribution is 2.50. The van der Waals surface area contributed by atoms with Crippen molar-refractivity contribution in [2.45, 2.75) is 60.3 Å². The van der Waals surface area contributed by atoms with Gasteiger partial charge in [0.05, 0.1) is 11.2 Å². The fourth-order valence-electron chi connectivity index (χ4n) is 5.81. The van der Waals surface area contributed by atoms with E-state index in [9.17, 15) is 0 Å². The van der Waals surface area contributed by atoms with Crippen LogP contribution in [0.4, 0.5) is 0 Å². The number of pyridine rings is 1. The second-order valence-corrected chi connectivity index (χ2v) is 10.6. The third-order valence-corrected chi connectivity index (χ3v) is 7.16. The molecule has 0 unspecified atom stereocenters. The second kappa shape index (κ2) is 7.30. The van der Waals surface area contributed by atoms with E-state index in [-0.39, 0.29) is 5.41 Å². The van der Waals surface area contributed by atoms with Crippen molar-refractivity contribution in [1.82, 2.24) is 4.98 Å². The van der Waals surface area contributed by atoms with Gasteiger partial charge < -0.3 is 0 Å². The number of benzene rings is 3. The third-order valence-electron chi connectivity index (χ3n) is 7.16. The summed E-state index contributed by atoms with van der Waals surface area (Å²) < 4.78 is 0. The molecule has 32 heavy (non-hydrogen) atoms. The van der Waals surface area contributed by atoms with Crippen molar-refractivity contribution in [3.8, 4) is 22.4 Å². The molecule has 1 aromatic heterocycles. The van der Waals surface area contributed by atoms with Gasteiger partial charge in [-0.15, -0.1) is 0 Å². The lowest BCUT2D eigenvalue weighted by Gasteiger charge is -2.22. The van der Waals surface area contributed by atoms with Crippen LogP contribution in [-0.2, 0) is 11.8 Å². The Hall–Kier alpha value is -2.93. The number of hydrogen-bond donors (Lipinski definition) is 0. The summed E-state index contributed by atoms with van der Waals surface area (Å²) in [6.07, 6.45) is 1.06. The molecule has 0 radical (unpaired) electrons. The number of aryl methyl sites for hydroxylation is 3. The molecule has 162 valence electrons. The maximum atomic E-state index is 5.27. The number of rotatable bonds is 3. The average Bonchev–Trinajstić information content (AvgIpc) is 2.93. The van der Waals surface area contributed by atoms with Crippen LogP contribution in [-0.4, -0.2) is 4.98 Å². The highest BCUT2D eigenvalue weighted by molar-refractivity contribution is 5.94. The fourth-order valence-corrected chi connectivity index (χ4v) is 5.81. The van der Waals surface area contributed by atoms with Gasteiger partial charge in [-0.3, -0.25) is 0 Å². The van der Waals surface area contributed by atoms with Crippen molar-refractivity contribution in [3.05, 3.63) is 88.0 Å². The normalized spacial score (nSPS) is 14.1. The summed E-state index contributed by atoms with van der Waals surface area (Å²) >= 11 is 0. The molecule has 1 heteroatoms. The van der Waals surface area contributed by atoms with Crippen LogP contribution in [0.15, 0.2) is 54.6 Å². The minimum Gasteiger partial charge on any atom is -0.248 e. The van der Waals surface area contributed by atoms with Crippen LogP contribution in [0.3, 0.4) is 0 Å². The Kier molecular flexibility index (Phi) is 4.78. The van der Waals surface area contributed by atoms with Crippen molar-refractivity contribution in [1.29, 1.82) is 0 Å². The average molecular weight is 420 g/mol. The zero-order valence-electron chi connectivity index (χ0n) is 20.4. The van der Waals surface area contributed by atoms with Gasteiger partial charge in [0.1, 0.15) is 0 Å². The van der Waals surface area contributed by atoms with Crippen LogP contribution in [0.1, 0.15) is 61.1 Å². The lowest BCUT2D eigenvalue weighted by molar-refractivity contribution is 0.649. The zero-order valence-corrected chi connectivity index (χ0v) is 20.4. The molecule has 0 amide bonds. The predicted molar refractivity (Wildman–Crippen MR) is 137 cm³/mol. The first kappa shape index (κ1) is 20.9. The van der Waals surface area contributed by atoms with Gasteiger partial charge in [0.25, 0.3) is 0 Å². The van der Waals surface area contributed by atoms with E-state index in [1.807, 2.05) is 0 Å². The van der Waals surface area contributed by atoms with Crippen LogP contribution in [0, 0.1) is 26.7 Å². The molecular weight excluding hydrogens is 386 g/mol. The van der Waals surface area contributed by atoms with Gasteiger partial charge in [-0.05, 0) is 90.3 Å². The molecule has 1 heterocycles.